The summed E-state index contributed by atoms with van der Waals surface area (Å²) in [4.78, 5) is 30.6. The molecule has 2 heterocycles. The minimum atomic E-state index is -0.727. The Morgan fingerprint density at radius 2 is 1.95 bits per heavy atom. The largest absolute Gasteiger partial charge is 0.276 e. The first-order valence-corrected chi connectivity index (χ1v) is 6.79. The van der Waals surface area contributed by atoms with Crippen LogP contribution in [0.1, 0.15) is 41.6 Å². The zero-order chi connectivity index (χ0) is 13.2. The molecule has 5 heteroatoms. The van der Waals surface area contributed by atoms with Crippen molar-refractivity contribution in [1.82, 2.24) is 4.90 Å². The second kappa shape index (κ2) is 3.45. The smallest absolute Gasteiger partial charge is 0.274 e. The second-order valence-corrected chi connectivity index (χ2v) is 5.69. The lowest BCUT2D eigenvalue weighted by atomic mass is 9.95. The highest BCUT2D eigenvalue weighted by Gasteiger charge is 2.58. The molecule has 0 saturated heterocycles. The van der Waals surface area contributed by atoms with Gasteiger partial charge in [0.05, 0.1) is 10.6 Å². The number of hydrogen-bond donors (Lipinski definition) is 0. The highest BCUT2D eigenvalue weighted by molar-refractivity contribution is 6.39. The van der Waals surface area contributed by atoms with Crippen LogP contribution < -0.4 is 0 Å². The van der Waals surface area contributed by atoms with Gasteiger partial charge in [0.2, 0.25) is 0 Å². The van der Waals surface area contributed by atoms with Crippen LogP contribution in [0.5, 0.6) is 0 Å². The predicted molar refractivity (Wildman–Crippen MR) is 70.4 cm³/mol. The Bertz CT molecular complexity index is 659. The third-order valence-corrected chi connectivity index (χ3v) is 4.66. The molecule has 3 aliphatic rings. The fourth-order valence-corrected chi connectivity index (χ4v) is 3.71. The number of rotatable bonds is 0. The van der Waals surface area contributed by atoms with Crippen molar-refractivity contribution in [3.05, 3.63) is 34.3 Å². The summed E-state index contributed by atoms with van der Waals surface area (Å²) in [5, 5.41) is 0.431. The number of halogens is 1. The van der Waals surface area contributed by atoms with Crippen LogP contribution in [0.4, 0.5) is 0 Å². The van der Waals surface area contributed by atoms with E-state index >= 15 is 0 Å². The molecule has 1 aliphatic carbocycles. The molecule has 2 amide bonds. The highest BCUT2D eigenvalue weighted by Crippen LogP contribution is 2.45. The van der Waals surface area contributed by atoms with Crippen LogP contribution in [0.2, 0.25) is 5.02 Å². The monoisotopic (exact) mass is 274 g/mol. The van der Waals surface area contributed by atoms with E-state index in [0.29, 0.717) is 34.8 Å². The van der Waals surface area contributed by atoms with Crippen LogP contribution in [-0.4, -0.2) is 28.1 Å². The molecular weight excluding hydrogens is 264 g/mol. The number of nitrogens with zero attached hydrogens (tertiary/aromatic N) is 2. The molecule has 0 N–H and O–H groups in total. The summed E-state index contributed by atoms with van der Waals surface area (Å²) in [6.07, 6.45) is 3.33. The number of aliphatic imine (C=N–C) groups is 1. The maximum atomic E-state index is 12.6. The number of benzene rings is 1. The van der Waals surface area contributed by atoms with Gasteiger partial charge in [-0.25, -0.2) is 0 Å². The number of amides is 2. The molecule has 1 spiro atoms. The molecule has 1 fully saturated rings. The first-order chi connectivity index (χ1) is 9.15. The van der Waals surface area contributed by atoms with E-state index in [1.807, 2.05) is 0 Å². The van der Waals surface area contributed by atoms with Crippen LogP contribution >= 0.6 is 11.6 Å². The Labute approximate surface area is 115 Å². The molecule has 96 valence electrons. The summed E-state index contributed by atoms with van der Waals surface area (Å²) in [5.41, 5.74) is 0.450. The van der Waals surface area contributed by atoms with Gasteiger partial charge in [-0.2, -0.15) is 4.99 Å². The van der Waals surface area contributed by atoms with Gasteiger partial charge >= 0.3 is 0 Å². The van der Waals surface area contributed by atoms with E-state index in [1.54, 1.807) is 23.1 Å². The van der Waals surface area contributed by atoms with E-state index in [1.165, 1.54) is 0 Å². The van der Waals surface area contributed by atoms with Crippen molar-refractivity contribution in [2.45, 2.75) is 31.2 Å². The zero-order valence-corrected chi connectivity index (χ0v) is 10.9. The van der Waals surface area contributed by atoms with Crippen LogP contribution in [0.3, 0.4) is 0 Å². The number of amidine groups is 1. The summed E-state index contributed by atoms with van der Waals surface area (Å²) in [7, 11) is 0. The summed E-state index contributed by atoms with van der Waals surface area (Å²) in [6, 6.07) is 5.29. The number of hydrogen-bond acceptors (Lipinski definition) is 2. The zero-order valence-electron chi connectivity index (χ0n) is 10.1. The van der Waals surface area contributed by atoms with Gasteiger partial charge < -0.3 is 0 Å². The lowest BCUT2D eigenvalue weighted by Crippen LogP contribution is -2.50. The van der Waals surface area contributed by atoms with Crippen molar-refractivity contribution in [2.24, 2.45) is 4.99 Å². The normalized spacial score (nSPS) is 23.0. The SMILES string of the molecule is O=C1c2c(Cl)cccc2C2=NC(=O)C3(CCCC3)N12. The van der Waals surface area contributed by atoms with Crippen LogP contribution in [0.15, 0.2) is 23.2 Å². The Kier molecular flexibility index (Phi) is 2.03. The van der Waals surface area contributed by atoms with Crippen LogP contribution in [-0.2, 0) is 4.79 Å². The van der Waals surface area contributed by atoms with Crippen molar-refractivity contribution >= 4 is 29.3 Å². The molecule has 0 atom stereocenters. The van der Waals surface area contributed by atoms with Gasteiger partial charge in [-0.15, -0.1) is 0 Å². The lowest BCUT2D eigenvalue weighted by Gasteiger charge is -2.30. The summed E-state index contributed by atoms with van der Waals surface area (Å²) in [6.45, 7) is 0. The molecule has 19 heavy (non-hydrogen) atoms. The van der Waals surface area contributed by atoms with Crippen molar-refractivity contribution < 1.29 is 9.59 Å². The Morgan fingerprint density at radius 1 is 1.21 bits per heavy atom. The Hall–Kier alpha value is -1.68. The van der Waals surface area contributed by atoms with Gasteiger partial charge in [0.1, 0.15) is 11.4 Å². The van der Waals surface area contributed by atoms with Gasteiger partial charge in [-0.05, 0) is 18.9 Å². The first-order valence-electron chi connectivity index (χ1n) is 6.42. The van der Waals surface area contributed by atoms with Crippen LogP contribution in [0, 0.1) is 0 Å². The van der Waals surface area contributed by atoms with Gasteiger partial charge in [-0.3, -0.25) is 14.5 Å². The topological polar surface area (TPSA) is 49.7 Å². The molecule has 0 bridgehead atoms. The number of fused-ring (bicyclic) bond motifs is 4. The Balaban J connectivity index is 1.96. The first kappa shape index (κ1) is 11.2. The standard InChI is InChI=1S/C14H11ClN2O2/c15-9-5-3-4-8-10(9)12(18)17-11(8)16-13(19)14(17)6-1-2-7-14/h3-5H,1-2,6-7H2. The molecule has 0 aromatic heterocycles. The maximum Gasteiger partial charge on any atom is 0.274 e. The van der Waals surface area contributed by atoms with Crippen molar-refractivity contribution in [3.8, 4) is 0 Å². The molecule has 0 unspecified atom stereocenters. The van der Waals surface area contributed by atoms with Crippen molar-refractivity contribution in [1.29, 1.82) is 0 Å². The van der Waals surface area contributed by atoms with E-state index in [4.69, 9.17) is 11.6 Å². The molecule has 1 aromatic rings. The molecule has 1 saturated carbocycles. The van der Waals surface area contributed by atoms with E-state index < -0.39 is 5.54 Å². The van der Waals surface area contributed by atoms with Gasteiger partial charge in [0.25, 0.3) is 11.8 Å². The number of carbonyl (C=O) groups is 2. The highest BCUT2D eigenvalue weighted by atomic mass is 35.5. The fraction of sp³-hybridized carbons (Fsp3) is 0.357. The van der Waals surface area contributed by atoms with Crippen LogP contribution in [0.25, 0.3) is 0 Å². The molecule has 4 nitrogen and oxygen atoms in total. The fourth-order valence-electron chi connectivity index (χ4n) is 3.46. The average Bonchev–Trinajstić information content (AvgIpc) is 3.03. The van der Waals surface area contributed by atoms with Gasteiger partial charge in [0.15, 0.2) is 0 Å². The van der Waals surface area contributed by atoms with E-state index in [-0.39, 0.29) is 11.8 Å². The van der Waals surface area contributed by atoms with Crippen molar-refractivity contribution in [2.75, 3.05) is 0 Å². The molecular formula is C14H11ClN2O2. The molecule has 2 aliphatic heterocycles. The van der Waals surface area contributed by atoms with E-state index in [2.05, 4.69) is 4.99 Å². The minimum Gasteiger partial charge on any atom is -0.276 e. The quantitative estimate of drug-likeness (QED) is 0.729. The van der Waals surface area contributed by atoms with Gasteiger partial charge in [0, 0.05) is 5.56 Å². The summed E-state index contributed by atoms with van der Waals surface area (Å²) >= 11 is 6.12. The second-order valence-electron chi connectivity index (χ2n) is 5.28. The van der Waals surface area contributed by atoms with Crippen molar-refractivity contribution in [3.63, 3.8) is 0 Å². The lowest BCUT2D eigenvalue weighted by molar-refractivity contribution is -0.124. The number of carbonyl (C=O) groups excluding carboxylic acids is 2. The van der Waals surface area contributed by atoms with E-state index in [9.17, 15) is 9.59 Å². The summed E-state index contributed by atoms with van der Waals surface area (Å²) in [5.74, 6) is 0.153. The molecule has 1 aromatic carbocycles. The van der Waals surface area contributed by atoms with E-state index in [0.717, 1.165) is 12.8 Å². The molecule has 4 rings (SSSR count). The minimum absolute atomic E-state index is 0.168. The third kappa shape index (κ3) is 1.18. The Morgan fingerprint density at radius 3 is 2.68 bits per heavy atom. The van der Waals surface area contributed by atoms with Gasteiger partial charge in [-0.1, -0.05) is 36.6 Å². The molecule has 0 radical (unpaired) electrons. The summed E-state index contributed by atoms with van der Waals surface area (Å²) < 4.78 is 0. The predicted octanol–water partition coefficient (Wildman–Crippen LogP) is 2.40. The average molecular weight is 275 g/mol. The third-order valence-electron chi connectivity index (χ3n) is 4.35. The maximum absolute atomic E-state index is 12.6.